The molecule has 4 heteroatoms. The van der Waals surface area contributed by atoms with Gasteiger partial charge < -0.3 is 0 Å². The van der Waals surface area contributed by atoms with Crippen LogP contribution in [0.4, 0.5) is 0 Å². The number of hydrogen-bond acceptors (Lipinski definition) is 3. The van der Waals surface area contributed by atoms with E-state index in [1.807, 2.05) is 0 Å². The predicted octanol–water partition coefficient (Wildman–Crippen LogP) is 0.885. The van der Waals surface area contributed by atoms with Gasteiger partial charge in [-0.3, -0.25) is 0 Å². The van der Waals surface area contributed by atoms with E-state index >= 15 is 0 Å². The normalized spacial score (nSPS) is 9.90. The van der Waals surface area contributed by atoms with E-state index in [0.717, 1.165) is 24.1 Å². The van der Waals surface area contributed by atoms with Gasteiger partial charge in [-0.25, -0.2) is 0 Å². The van der Waals surface area contributed by atoms with Crippen LogP contribution in [-0.4, -0.2) is 20.8 Å². The van der Waals surface area contributed by atoms with Crippen LogP contribution in [0, 0.1) is 0 Å². The summed E-state index contributed by atoms with van der Waals surface area (Å²) in [5, 5.41) is 0. The fraction of sp³-hybridized carbons (Fsp3) is 1.00. The average molecular weight is 182 g/mol. The molecule has 10 heavy (non-hydrogen) atoms. The van der Waals surface area contributed by atoms with Gasteiger partial charge >= 0.3 is 69.3 Å². The molecule has 3 nitrogen and oxygen atoms in total. The molecule has 0 spiro atoms. The summed E-state index contributed by atoms with van der Waals surface area (Å²) in [6.07, 6.45) is 2.23. The molecular weight excluding hydrogens is 166 g/mol. The molecule has 0 aromatic carbocycles. The van der Waals surface area contributed by atoms with Crippen LogP contribution >= 0.6 is 0 Å². The van der Waals surface area contributed by atoms with E-state index in [1.54, 1.807) is 14.2 Å². The van der Waals surface area contributed by atoms with Crippen molar-refractivity contribution in [2.24, 2.45) is 5.73 Å². The van der Waals surface area contributed by atoms with Crippen molar-refractivity contribution in [3.05, 3.63) is 0 Å². The van der Waals surface area contributed by atoms with E-state index in [0.29, 0.717) is 0 Å². The van der Waals surface area contributed by atoms with Gasteiger partial charge in [0.2, 0.25) is 0 Å². The SMILES string of the molecule is C[O][Ti]([CH2]CCCN)[O]C. The Bertz CT molecular complexity index is 68.8. The van der Waals surface area contributed by atoms with Gasteiger partial charge in [-0.05, 0) is 0 Å². The summed E-state index contributed by atoms with van der Waals surface area (Å²) in [7, 11) is 3.45. The molecule has 0 rings (SSSR count). The van der Waals surface area contributed by atoms with Crippen molar-refractivity contribution < 1.29 is 25.3 Å². The zero-order valence-electron chi connectivity index (χ0n) is 6.72. The summed E-state index contributed by atoms with van der Waals surface area (Å²) in [5.41, 5.74) is 5.33. The molecule has 0 heterocycles. The Hall–Kier alpha value is 0.594. The maximum atomic E-state index is 5.33. The third kappa shape index (κ3) is 5.38. The Morgan fingerprint density at radius 2 is 1.80 bits per heavy atom. The minimum absolute atomic E-state index is 0.777. The Morgan fingerprint density at radius 1 is 1.20 bits per heavy atom. The molecule has 2 N–H and O–H groups in total. The number of unbranched alkanes of at least 4 members (excludes halogenated alkanes) is 1. The summed E-state index contributed by atoms with van der Waals surface area (Å²) >= 11 is -1.53. The summed E-state index contributed by atoms with van der Waals surface area (Å²) in [6, 6.07) is 0. The molecule has 0 aliphatic carbocycles. The third-order valence-electron chi connectivity index (χ3n) is 1.29. The van der Waals surface area contributed by atoms with Crippen molar-refractivity contribution in [2.75, 3.05) is 20.8 Å². The monoisotopic (exact) mass is 182 g/mol. The molecule has 0 saturated heterocycles. The first-order valence-corrected chi connectivity index (χ1v) is 5.87. The van der Waals surface area contributed by atoms with Gasteiger partial charge in [0.05, 0.1) is 0 Å². The van der Waals surface area contributed by atoms with Gasteiger partial charge in [0.25, 0.3) is 0 Å². The van der Waals surface area contributed by atoms with Gasteiger partial charge in [-0.2, -0.15) is 0 Å². The van der Waals surface area contributed by atoms with Crippen molar-refractivity contribution in [2.45, 2.75) is 17.6 Å². The molecule has 0 aliphatic heterocycles. The first-order chi connectivity index (χ1) is 4.85. The quantitative estimate of drug-likeness (QED) is 0.490. The van der Waals surface area contributed by atoms with Crippen molar-refractivity contribution in [3.63, 3.8) is 0 Å². The summed E-state index contributed by atoms with van der Waals surface area (Å²) in [5.74, 6) is 0. The molecule has 0 aliphatic rings. The fourth-order valence-electron chi connectivity index (χ4n) is 0.701. The van der Waals surface area contributed by atoms with Gasteiger partial charge in [0.15, 0.2) is 0 Å². The number of rotatable bonds is 6. The first kappa shape index (κ1) is 10.6. The number of hydrogen-bond donors (Lipinski definition) is 1. The van der Waals surface area contributed by atoms with Crippen molar-refractivity contribution in [1.29, 1.82) is 0 Å². The molecule has 0 bridgehead atoms. The van der Waals surface area contributed by atoms with Crippen LogP contribution in [-0.2, 0) is 25.3 Å². The topological polar surface area (TPSA) is 44.5 Å². The molecule has 0 radical (unpaired) electrons. The second-order valence-corrected chi connectivity index (χ2v) is 5.24. The molecular formula is C6H16NO2Ti. The minimum atomic E-state index is -1.53. The van der Waals surface area contributed by atoms with Gasteiger partial charge in [0.1, 0.15) is 0 Å². The van der Waals surface area contributed by atoms with E-state index < -0.39 is 18.6 Å². The molecule has 0 amide bonds. The molecule has 0 aromatic rings. The Morgan fingerprint density at radius 3 is 2.20 bits per heavy atom. The average Bonchev–Trinajstić information content (AvgIpc) is 1.99. The van der Waals surface area contributed by atoms with E-state index in [2.05, 4.69) is 0 Å². The van der Waals surface area contributed by atoms with E-state index in [9.17, 15) is 0 Å². The van der Waals surface area contributed by atoms with Gasteiger partial charge in [-0.1, -0.05) is 0 Å². The molecule has 0 unspecified atom stereocenters. The van der Waals surface area contributed by atoms with Crippen LogP contribution in [0.2, 0.25) is 4.73 Å². The fourth-order valence-corrected chi connectivity index (χ4v) is 2.44. The Kier molecular flexibility index (Phi) is 8.16. The second kappa shape index (κ2) is 7.70. The molecule has 0 saturated carbocycles. The van der Waals surface area contributed by atoms with Crippen LogP contribution in [0.25, 0.3) is 0 Å². The maximum absolute atomic E-state index is 5.33. The molecule has 0 aromatic heterocycles. The van der Waals surface area contributed by atoms with Crippen LogP contribution in [0.1, 0.15) is 12.8 Å². The van der Waals surface area contributed by atoms with Crippen LogP contribution in [0.5, 0.6) is 0 Å². The van der Waals surface area contributed by atoms with Crippen LogP contribution in [0.15, 0.2) is 0 Å². The van der Waals surface area contributed by atoms with Crippen molar-refractivity contribution in [3.8, 4) is 0 Å². The molecule has 61 valence electrons. The first-order valence-electron chi connectivity index (χ1n) is 3.49. The summed E-state index contributed by atoms with van der Waals surface area (Å²) < 4.78 is 11.4. The zero-order valence-corrected chi connectivity index (χ0v) is 8.28. The van der Waals surface area contributed by atoms with Crippen molar-refractivity contribution in [1.82, 2.24) is 0 Å². The summed E-state index contributed by atoms with van der Waals surface area (Å²) in [6.45, 7) is 0.777. The Balaban J connectivity index is 3.09. The van der Waals surface area contributed by atoms with E-state index in [4.69, 9.17) is 12.4 Å². The van der Waals surface area contributed by atoms with E-state index in [-0.39, 0.29) is 0 Å². The van der Waals surface area contributed by atoms with Crippen LogP contribution in [0.3, 0.4) is 0 Å². The molecule has 0 fully saturated rings. The van der Waals surface area contributed by atoms with E-state index in [1.165, 1.54) is 0 Å². The third-order valence-corrected chi connectivity index (χ3v) is 3.90. The summed E-state index contributed by atoms with van der Waals surface area (Å²) in [4.78, 5) is 0. The number of nitrogens with two attached hydrogens (primary N) is 1. The molecule has 0 atom stereocenters. The van der Waals surface area contributed by atoms with Gasteiger partial charge in [0, 0.05) is 0 Å². The predicted molar refractivity (Wildman–Crippen MR) is 37.1 cm³/mol. The van der Waals surface area contributed by atoms with Gasteiger partial charge in [-0.15, -0.1) is 0 Å². The van der Waals surface area contributed by atoms with Crippen LogP contribution < -0.4 is 5.73 Å². The zero-order chi connectivity index (χ0) is 7.82. The standard InChI is InChI=1S/C4H10N.2CH3O.Ti/c1-2-3-4-5;2*1-2;/h1-5H2;2*1H3;/q;2*-1;+2. The Labute approximate surface area is 69.7 Å². The second-order valence-electron chi connectivity index (χ2n) is 2.03. The van der Waals surface area contributed by atoms with Crippen molar-refractivity contribution >= 4 is 0 Å².